The fourth-order valence-corrected chi connectivity index (χ4v) is 5.00. The van der Waals surface area contributed by atoms with Crippen LogP contribution in [0, 0.1) is 0 Å². The first kappa shape index (κ1) is 20.5. The predicted molar refractivity (Wildman–Crippen MR) is 119 cm³/mol. The second-order valence-electron chi connectivity index (χ2n) is 8.56. The van der Waals surface area contributed by atoms with Gasteiger partial charge >= 0.3 is 6.03 Å². The van der Waals surface area contributed by atoms with E-state index in [1.807, 2.05) is 34.2 Å². The van der Waals surface area contributed by atoms with Crippen LogP contribution in [-0.4, -0.2) is 58.1 Å². The molecular formula is C23H28ClN5O2. The van der Waals surface area contributed by atoms with E-state index in [0.29, 0.717) is 30.1 Å². The van der Waals surface area contributed by atoms with Crippen LogP contribution in [0.15, 0.2) is 30.5 Å². The molecule has 0 radical (unpaired) electrons. The minimum Gasteiger partial charge on any atom is -0.381 e. The van der Waals surface area contributed by atoms with Crippen molar-refractivity contribution in [1.82, 2.24) is 19.8 Å². The molecule has 2 amide bonds. The summed E-state index contributed by atoms with van der Waals surface area (Å²) in [6, 6.07) is 8.39. The van der Waals surface area contributed by atoms with Crippen LogP contribution in [0.25, 0.3) is 0 Å². The number of halogens is 1. The molecule has 4 heterocycles. The molecule has 3 aliphatic rings. The largest absolute Gasteiger partial charge is 0.381 e. The molecule has 2 saturated heterocycles. The first-order valence-electron chi connectivity index (χ1n) is 11.2. The van der Waals surface area contributed by atoms with Crippen molar-refractivity contribution in [1.29, 1.82) is 0 Å². The van der Waals surface area contributed by atoms with Gasteiger partial charge in [0.1, 0.15) is 0 Å². The van der Waals surface area contributed by atoms with Crippen molar-refractivity contribution in [2.24, 2.45) is 0 Å². The second kappa shape index (κ2) is 9.01. The molecule has 2 aromatic rings. The number of fused-ring (bicyclic) bond motifs is 1. The first-order valence-corrected chi connectivity index (χ1v) is 11.6. The zero-order chi connectivity index (χ0) is 21.2. The summed E-state index contributed by atoms with van der Waals surface area (Å²) in [7, 11) is 0. The van der Waals surface area contributed by atoms with Gasteiger partial charge in [0.15, 0.2) is 0 Å². The van der Waals surface area contributed by atoms with E-state index in [-0.39, 0.29) is 12.1 Å². The van der Waals surface area contributed by atoms with Gasteiger partial charge in [-0.15, -0.1) is 0 Å². The number of benzene rings is 1. The number of nitrogens with zero attached hydrogens (tertiary/aromatic N) is 4. The fourth-order valence-electron chi connectivity index (χ4n) is 4.80. The van der Waals surface area contributed by atoms with Crippen LogP contribution in [0.4, 0.5) is 10.7 Å². The summed E-state index contributed by atoms with van der Waals surface area (Å²) < 4.78 is 5.43. The van der Waals surface area contributed by atoms with E-state index < -0.39 is 0 Å². The monoisotopic (exact) mass is 441 g/mol. The van der Waals surface area contributed by atoms with Gasteiger partial charge in [-0.1, -0.05) is 23.7 Å². The number of anilines is 1. The topological polar surface area (TPSA) is 70.6 Å². The third-order valence-corrected chi connectivity index (χ3v) is 6.74. The molecule has 5 rings (SSSR count). The first-order chi connectivity index (χ1) is 15.2. The van der Waals surface area contributed by atoms with Gasteiger partial charge in [-0.3, -0.25) is 0 Å². The minimum absolute atomic E-state index is 0.0868. The Bertz CT molecular complexity index is 949. The number of nitrogens with one attached hydrogen (secondary N) is 1. The molecule has 31 heavy (non-hydrogen) atoms. The van der Waals surface area contributed by atoms with Crippen molar-refractivity contribution in [3.05, 3.63) is 52.3 Å². The van der Waals surface area contributed by atoms with Crippen LogP contribution >= 0.6 is 11.6 Å². The fraction of sp³-hybridized carbons (Fsp3) is 0.522. The number of hydrogen-bond acceptors (Lipinski definition) is 5. The number of hydrogen-bond donors (Lipinski definition) is 1. The number of carbonyl (C=O) groups excluding carboxylic acids is 1. The number of aromatic nitrogens is 2. The molecule has 2 fully saturated rings. The summed E-state index contributed by atoms with van der Waals surface area (Å²) in [6.45, 7) is 3.54. The summed E-state index contributed by atoms with van der Waals surface area (Å²) in [5, 5.41) is 4.15. The van der Waals surface area contributed by atoms with Gasteiger partial charge in [-0.05, 0) is 55.4 Å². The molecule has 1 aromatic heterocycles. The third kappa shape index (κ3) is 4.48. The number of urea groups is 1. The van der Waals surface area contributed by atoms with E-state index in [9.17, 15) is 4.79 Å². The number of amides is 2. The molecule has 7 nitrogen and oxygen atoms in total. The van der Waals surface area contributed by atoms with Gasteiger partial charge in [0, 0.05) is 43.6 Å². The zero-order valence-electron chi connectivity index (χ0n) is 17.6. The SMILES string of the molecule is O=C(N1CCc2cnc(NC3CCOCC3)nc2C1)N1CCCC1c1cccc(Cl)c1. The molecule has 0 bridgehead atoms. The Morgan fingerprint density at radius 2 is 2.06 bits per heavy atom. The molecule has 3 aliphatic heterocycles. The van der Waals surface area contributed by atoms with E-state index in [4.69, 9.17) is 21.3 Å². The smallest absolute Gasteiger partial charge is 0.320 e. The highest BCUT2D eigenvalue weighted by atomic mass is 35.5. The maximum Gasteiger partial charge on any atom is 0.320 e. The van der Waals surface area contributed by atoms with Crippen molar-refractivity contribution >= 4 is 23.6 Å². The summed E-state index contributed by atoms with van der Waals surface area (Å²) in [5.74, 6) is 0.651. The van der Waals surface area contributed by atoms with Crippen LogP contribution < -0.4 is 5.32 Å². The average molecular weight is 442 g/mol. The van der Waals surface area contributed by atoms with E-state index >= 15 is 0 Å². The van der Waals surface area contributed by atoms with Crippen molar-refractivity contribution in [2.75, 3.05) is 31.6 Å². The Kier molecular flexibility index (Phi) is 5.96. The van der Waals surface area contributed by atoms with Crippen LogP contribution in [-0.2, 0) is 17.7 Å². The lowest BCUT2D eigenvalue weighted by Gasteiger charge is -2.34. The molecule has 164 valence electrons. The lowest BCUT2D eigenvalue weighted by atomic mass is 10.0. The third-order valence-electron chi connectivity index (χ3n) is 6.50. The normalized spacial score (nSPS) is 21.8. The Labute approximate surface area is 187 Å². The number of rotatable bonds is 3. The number of carbonyl (C=O) groups is 1. The Hall–Kier alpha value is -2.38. The zero-order valence-corrected chi connectivity index (χ0v) is 18.4. The van der Waals surface area contributed by atoms with Crippen LogP contribution in [0.3, 0.4) is 0 Å². The van der Waals surface area contributed by atoms with Crippen molar-refractivity contribution in [3.8, 4) is 0 Å². The van der Waals surface area contributed by atoms with Crippen LogP contribution in [0.2, 0.25) is 5.02 Å². The quantitative estimate of drug-likeness (QED) is 0.778. The Morgan fingerprint density at radius 1 is 1.19 bits per heavy atom. The minimum atomic E-state index is 0.0868. The Balaban J connectivity index is 1.29. The van der Waals surface area contributed by atoms with Gasteiger partial charge < -0.3 is 19.9 Å². The predicted octanol–water partition coefficient (Wildman–Crippen LogP) is 4.04. The highest BCUT2D eigenvalue weighted by Gasteiger charge is 2.34. The van der Waals surface area contributed by atoms with Crippen molar-refractivity contribution in [3.63, 3.8) is 0 Å². The van der Waals surface area contributed by atoms with Crippen LogP contribution in [0.1, 0.15) is 48.5 Å². The summed E-state index contributed by atoms with van der Waals surface area (Å²) in [4.78, 5) is 26.6. The molecule has 0 saturated carbocycles. The Morgan fingerprint density at radius 3 is 2.90 bits per heavy atom. The maximum atomic E-state index is 13.4. The molecule has 0 spiro atoms. The summed E-state index contributed by atoms with van der Waals surface area (Å²) in [6.07, 6.45) is 6.60. The highest BCUT2D eigenvalue weighted by Crippen LogP contribution is 2.34. The number of likely N-dealkylation sites (tertiary alicyclic amines) is 1. The summed E-state index contributed by atoms with van der Waals surface area (Å²) in [5.41, 5.74) is 3.19. The molecule has 8 heteroatoms. The van der Waals surface area contributed by atoms with Crippen LogP contribution in [0.5, 0.6) is 0 Å². The van der Waals surface area contributed by atoms with Gasteiger partial charge in [0.2, 0.25) is 5.95 Å². The summed E-state index contributed by atoms with van der Waals surface area (Å²) >= 11 is 6.20. The van der Waals surface area contributed by atoms with E-state index in [2.05, 4.69) is 16.4 Å². The van der Waals surface area contributed by atoms with E-state index in [1.165, 1.54) is 0 Å². The van der Waals surface area contributed by atoms with Crippen molar-refractivity contribution < 1.29 is 9.53 Å². The second-order valence-corrected chi connectivity index (χ2v) is 8.99. The van der Waals surface area contributed by atoms with Gasteiger partial charge in [0.05, 0.1) is 18.3 Å². The molecule has 1 atom stereocenters. The number of ether oxygens (including phenoxy) is 1. The molecular weight excluding hydrogens is 414 g/mol. The lowest BCUT2D eigenvalue weighted by Crippen LogP contribution is -2.45. The molecule has 0 aliphatic carbocycles. The molecule has 1 N–H and O–H groups in total. The standard InChI is InChI=1S/C23H28ClN5O2/c24-18-4-1-3-16(13-18)21-5-2-9-29(21)23(30)28-10-6-17-14-25-22(27-20(17)15-28)26-19-7-11-31-12-8-19/h1,3-4,13-14,19,21H,2,5-12,15H2,(H,25,26,27). The lowest BCUT2D eigenvalue weighted by molar-refractivity contribution is 0.0903. The average Bonchev–Trinajstić information content (AvgIpc) is 3.29. The molecule has 1 aromatic carbocycles. The molecule has 1 unspecified atom stereocenters. The van der Waals surface area contributed by atoms with E-state index in [1.54, 1.807) is 0 Å². The van der Waals surface area contributed by atoms with Crippen molar-refractivity contribution in [2.45, 2.75) is 50.7 Å². The van der Waals surface area contributed by atoms with Gasteiger partial charge in [0.25, 0.3) is 0 Å². The van der Waals surface area contributed by atoms with Gasteiger partial charge in [-0.2, -0.15) is 0 Å². The highest BCUT2D eigenvalue weighted by molar-refractivity contribution is 6.30. The van der Waals surface area contributed by atoms with E-state index in [0.717, 1.165) is 68.7 Å². The van der Waals surface area contributed by atoms with Gasteiger partial charge in [-0.25, -0.2) is 14.8 Å². The maximum absolute atomic E-state index is 13.4.